The van der Waals surface area contributed by atoms with E-state index >= 15 is 0 Å². The lowest BCUT2D eigenvalue weighted by Crippen LogP contribution is -2.43. The number of hydrogen-bond acceptors (Lipinski definition) is 6. The average Bonchev–Trinajstić information content (AvgIpc) is 2.69. The van der Waals surface area contributed by atoms with Gasteiger partial charge in [-0.25, -0.2) is 8.42 Å². The molecule has 1 aliphatic rings. The molecule has 3 rings (SSSR count). The van der Waals surface area contributed by atoms with Crippen molar-refractivity contribution in [2.45, 2.75) is 11.8 Å². The number of sulfonamides is 1. The Kier molecular flexibility index (Phi) is 6.28. The fraction of sp³-hybridized carbons (Fsp3) is 0.368. The molecule has 2 aromatic carbocycles. The molecule has 0 unspecified atom stereocenters. The maximum atomic E-state index is 13.4. The quantitative estimate of drug-likeness (QED) is 0.519. The molecule has 0 N–H and O–H groups in total. The lowest BCUT2D eigenvalue weighted by atomic mass is 10.2. The number of nitro benzene ring substituents is 1. The zero-order valence-electron chi connectivity index (χ0n) is 15.7. The molecule has 0 amide bonds. The van der Waals surface area contributed by atoms with Gasteiger partial charge in [0.2, 0.25) is 0 Å². The van der Waals surface area contributed by atoms with Gasteiger partial charge < -0.3 is 4.74 Å². The Hall–Kier alpha value is -2.49. The summed E-state index contributed by atoms with van der Waals surface area (Å²) in [5, 5.41) is 11.3. The molecule has 0 atom stereocenters. The predicted molar refractivity (Wildman–Crippen MR) is 106 cm³/mol. The van der Waals surface area contributed by atoms with Crippen molar-refractivity contribution in [3.05, 3.63) is 64.2 Å². The first-order valence-corrected chi connectivity index (χ1v) is 10.5. The summed E-state index contributed by atoms with van der Waals surface area (Å²) in [6, 6.07) is 12.8. The van der Waals surface area contributed by atoms with E-state index in [1.54, 1.807) is 31.2 Å². The number of ether oxygens (including phenoxy) is 1. The fourth-order valence-electron chi connectivity index (χ4n) is 3.11. The monoisotopic (exact) mass is 405 g/mol. The predicted octanol–water partition coefficient (Wildman–Crippen LogP) is 2.43. The smallest absolute Gasteiger partial charge is 0.273 e. The van der Waals surface area contributed by atoms with Crippen LogP contribution in [0.1, 0.15) is 5.56 Å². The number of anilines is 1. The maximum absolute atomic E-state index is 13.4. The van der Waals surface area contributed by atoms with Crippen molar-refractivity contribution in [1.29, 1.82) is 0 Å². The highest BCUT2D eigenvalue weighted by Crippen LogP contribution is 2.27. The van der Waals surface area contributed by atoms with Crippen LogP contribution in [0.15, 0.2) is 53.4 Å². The van der Waals surface area contributed by atoms with Gasteiger partial charge in [-0.1, -0.05) is 24.3 Å². The first kappa shape index (κ1) is 20.2. The molecule has 28 heavy (non-hydrogen) atoms. The Balaban J connectivity index is 1.94. The van der Waals surface area contributed by atoms with Crippen LogP contribution >= 0.6 is 0 Å². The molecule has 1 fully saturated rings. The third-order valence-corrected chi connectivity index (χ3v) is 6.56. The molecule has 0 saturated carbocycles. The van der Waals surface area contributed by atoms with E-state index < -0.39 is 14.9 Å². The van der Waals surface area contributed by atoms with E-state index in [4.69, 9.17) is 4.74 Å². The molecule has 1 saturated heterocycles. The number of nitro groups is 1. The normalized spacial score (nSPS) is 15.3. The van der Waals surface area contributed by atoms with E-state index in [1.165, 1.54) is 16.4 Å². The van der Waals surface area contributed by atoms with Crippen molar-refractivity contribution in [3.8, 4) is 0 Å². The summed E-state index contributed by atoms with van der Waals surface area (Å²) >= 11 is 0. The summed E-state index contributed by atoms with van der Waals surface area (Å²) < 4.78 is 33.4. The molecule has 0 aliphatic carbocycles. The van der Waals surface area contributed by atoms with E-state index in [1.807, 2.05) is 6.07 Å². The summed E-state index contributed by atoms with van der Waals surface area (Å²) in [5.41, 5.74) is 0.741. The minimum atomic E-state index is -3.96. The van der Waals surface area contributed by atoms with Gasteiger partial charge in [0.1, 0.15) is 0 Å². The molecule has 0 spiro atoms. The van der Waals surface area contributed by atoms with Gasteiger partial charge in [-0.05, 0) is 25.1 Å². The lowest BCUT2D eigenvalue weighted by Gasteiger charge is -2.30. The van der Waals surface area contributed by atoms with Gasteiger partial charge in [0.15, 0.2) is 0 Å². The Morgan fingerprint density at radius 2 is 1.82 bits per heavy atom. The highest BCUT2D eigenvalue weighted by molar-refractivity contribution is 7.92. The second-order valence-corrected chi connectivity index (χ2v) is 8.43. The average molecular weight is 405 g/mol. The van der Waals surface area contributed by atoms with Gasteiger partial charge in [0, 0.05) is 37.8 Å². The summed E-state index contributed by atoms with van der Waals surface area (Å²) in [5.74, 6) is 0. The van der Waals surface area contributed by atoms with Crippen LogP contribution in [0.5, 0.6) is 0 Å². The van der Waals surface area contributed by atoms with Crippen molar-refractivity contribution < 1.29 is 18.1 Å². The van der Waals surface area contributed by atoms with E-state index in [0.29, 0.717) is 31.0 Å². The van der Waals surface area contributed by atoms with Gasteiger partial charge in [-0.2, -0.15) is 0 Å². The Bertz CT molecular complexity index is 928. The molecule has 1 heterocycles. The van der Waals surface area contributed by atoms with Crippen LogP contribution in [0.4, 0.5) is 11.4 Å². The number of hydrogen-bond donors (Lipinski definition) is 0. The topological polar surface area (TPSA) is 93.0 Å². The third kappa shape index (κ3) is 4.49. The Morgan fingerprint density at radius 1 is 1.14 bits per heavy atom. The van der Waals surface area contributed by atoms with Crippen LogP contribution in [-0.4, -0.2) is 57.6 Å². The first-order valence-electron chi connectivity index (χ1n) is 9.02. The number of aryl methyl sites for hydroxylation is 1. The number of para-hydroxylation sites is 1. The molecule has 2 aromatic rings. The minimum absolute atomic E-state index is 0.0874. The van der Waals surface area contributed by atoms with Crippen LogP contribution in [0, 0.1) is 17.0 Å². The van der Waals surface area contributed by atoms with Crippen molar-refractivity contribution in [2.24, 2.45) is 0 Å². The third-order valence-electron chi connectivity index (χ3n) is 4.73. The van der Waals surface area contributed by atoms with Crippen LogP contribution in [0.25, 0.3) is 0 Å². The van der Waals surface area contributed by atoms with Crippen molar-refractivity contribution in [3.63, 3.8) is 0 Å². The highest BCUT2D eigenvalue weighted by Gasteiger charge is 2.28. The van der Waals surface area contributed by atoms with E-state index in [-0.39, 0.29) is 17.1 Å². The van der Waals surface area contributed by atoms with Crippen LogP contribution < -0.4 is 4.31 Å². The highest BCUT2D eigenvalue weighted by atomic mass is 32.2. The standard InChI is InChI=1S/C19H23N3O5S/c1-16-7-8-18(15-19(16)22(23)24)28(25,26)21(17-5-3-2-4-6-17)10-9-20-11-13-27-14-12-20/h2-8,15H,9-14H2,1H3. The molecule has 0 radical (unpaired) electrons. The zero-order chi connectivity index (χ0) is 20.1. The van der Waals surface area contributed by atoms with Gasteiger partial charge in [0.05, 0.1) is 28.7 Å². The van der Waals surface area contributed by atoms with E-state index in [2.05, 4.69) is 4.90 Å². The Morgan fingerprint density at radius 3 is 2.46 bits per heavy atom. The molecule has 0 aromatic heterocycles. The summed E-state index contributed by atoms with van der Waals surface area (Å²) in [4.78, 5) is 12.7. The number of nitrogens with zero attached hydrogens (tertiary/aromatic N) is 3. The van der Waals surface area contributed by atoms with Crippen LogP contribution in [-0.2, 0) is 14.8 Å². The van der Waals surface area contributed by atoms with Crippen LogP contribution in [0.2, 0.25) is 0 Å². The molecule has 150 valence electrons. The number of rotatable bonds is 7. The molecule has 1 aliphatic heterocycles. The van der Waals surface area contributed by atoms with Crippen molar-refractivity contribution in [1.82, 2.24) is 4.90 Å². The molecule has 8 nitrogen and oxygen atoms in total. The van der Waals surface area contributed by atoms with E-state index in [9.17, 15) is 18.5 Å². The summed E-state index contributed by atoms with van der Waals surface area (Å²) in [6.45, 7) is 5.13. The second-order valence-electron chi connectivity index (χ2n) is 6.57. The summed E-state index contributed by atoms with van der Waals surface area (Å²) in [6.07, 6.45) is 0. The van der Waals surface area contributed by atoms with Crippen molar-refractivity contribution >= 4 is 21.4 Å². The van der Waals surface area contributed by atoms with Gasteiger partial charge in [-0.3, -0.25) is 19.3 Å². The number of benzene rings is 2. The molecular formula is C19H23N3O5S. The van der Waals surface area contributed by atoms with Crippen LogP contribution in [0.3, 0.4) is 0 Å². The summed E-state index contributed by atoms with van der Waals surface area (Å²) in [7, 11) is -3.96. The maximum Gasteiger partial charge on any atom is 0.273 e. The molecule has 9 heteroatoms. The van der Waals surface area contributed by atoms with Gasteiger partial charge in [-0.15, -0.1) is 0 Å². The lowest BCUT2D eigenvalue weighted by molar-refractivity contribution is -0.385. The number of morpholine rings is 1. The Labute approximate surface area is 164 Å². The first-order chi connectivity index (χ1) is 13.4. The fourth-order valence-corrected chi connectivity index (χ4v) is 4.59. The van der Waals surface area contributed by atoms with Gasteiger partial charge >= 0.3 is 0 Å². The molecular weight excluding hydrogens is 382 g/mol. The second kappa shape index (κ2) is 8.68. The molecule has 0 bridgehead atoms. The SMILES string of the molecule is Cc1ccc(S(=O)(=O)N(CCN2CCOCC2)c2ccccc2)cc1[N+](=O)[O-]. The van der Waals surface area contributed by atoms with E-state index in [0.717, 1.165) is 19.2 Å². The van der Waals surface area contributed by atoms with Gasteiger partial charge in [0.25, 0.3) is 15.7 Å². The van der Waals surface area contributed by atoms with Crippen molar-refractivity contribution in [2.75, 3.05) is 43.7 Å². The largest absolute Gasteiger partial charge is 0.379 e. The minimum Gasteiger partial charge on any atom is -0.379 e. The zero-order valence-corrected chi connectivity index (χ0v) is 16.5.